The Balaban J connectivity index is 2.06. The number of nitro groups is 1. The van der Waals surface area contributed by atoms with Crippen molar-refractivity contribution in [2.75, 3.05) is 19.0 Å². The topological polar surface area (TPSA) is 105 Å². The Morgan fingerprint density at radius 2 is 1.77 bits per heavy atom. The molecule has 2 amide bonds. The maximum absolute atomic E-state index is 12.7. The lowest BCUT2D eigenvalue weighted by Gasteiger charge is -2.22. The Labute approximate surface area is 180 Å². The Hall–Kier alpha value is -3.13. The lowest BCUT2D eigenvalue weighted by molar-refractivity contribution is -0.384. The fourth-order valence-corrected chi connectivity index (χ4v) is 2.95. The quantitative estimate of drug-likeness (QED) is 0.491. The van der Waals surface area contributed by atoms with Crippen LogP contribution in [0, 0.1) is 16.0 Å². The first kappa shape index (κ1) is 23.2. The maximum Gasteiger partial charge on any atom is 0.288 e. The molecule has 160 valence electrons. The van der Waals surface area contributed by atoms with Crippen LogP contribution in [0.1, 0.15) is 29.8 Å². The fourth-order valence-electron chi connectivity index (χ4n) is 2.76. The van der Waals surface area contributed by atoms with Crippen LogP contribution >= 0.6 is 11.6 Å². The molecule has 0 spiro atoms. The Kier molecular flexibility index (Phi) is 7.77. The lowest BCUT2D eigenvalue weighted by atomic mass is 10.0. The van der Waals surface area contributed by atoms with E-state index in [1.807, 2.05) is 43.3 Å². The average Bonchev–Trinajstić information content (AvgIpc) is 2.70. The SMILES string of the molecule is CC(C)C(NC(=O)c1ccc(Cl)c([N+](=O)[O-])c1)C(=O)NCc1ccc(N(C)C)cc1. The molecule has 0 fully saturated rings. The molecule has 0 aromatic heterocycles. The summed E-state index contributed by atoms with van der Waals surface area (Å²) in [6.45, 7) is 3.93. The summed E-state index contributed by atoms with van der Waals surface area (Å²) in [5.41, 5.74) is 1.67. The van der Waals surface area contributed by atoms with Gasteiger partial charge < -0.3 is 15.5 Å². The number of benzene rings is 2. The summed E-state index contributed by atoms with van der Waals surface area (Å²) in [5, 5.41) is 16.5. The zero-order valence-electron chi connectivity index (χ0n) is 17.3. The van der Waals surface area contributed by atoms with Crippen LogP contribution in [0.15, 0.2) is 42.5 Å². The highest BCUT2D eigenvalue weighted by molar-refractivity contribution is 6.32. The second kappa shape index (κ2) is 10.1. The average molecular weight is 433 g/mol. The molecular formula is C21H25ClN4O4. The third-order valence-electron chi connectivity index (χ3n) is 4.56. The van der Waals surface area contributed by atoms with Crippen molar-refractivity contribution in [2.24, 2.45) is 5.92 Å². The number of anilines is 1. The van der Waals surface area contributed by atoms with Crippen LogP contribution in [-0.2, 0) is 11.3 Å². The van der Waals surface area contributed by atoms with Gasteiger partial charge in [-0.05, 0) is 35.7 Å². The molecule has 0 bridgehead atoms. The Morgan fingerprint density at radius 3 is 2.30 bits per heavy atom. The highest BCUT2D eigenvalue weighted by Gasteiger charge is 2.25. The molecule has 30 heavy (non-hydrogen) atoms. The van der Waals surface area contributed by atoms with Gasteiger partial charge in [-0.2, -0.15) is 0 Å². The van der Waals surface area contributed by atoms with Gasteiger partial charge in [0.1, 0.15) is 11.1 Å². The van der Waals surface area contributed by atoms with Crippen molar-refractivity contribution < 1.29 is 14.5 Å². The Morgan fingerprint density at radius 1 is 1.13 bits per heavy atom. The molecule has 8 nitrogen and oxygen atoms in total. The third-order valence-corrected chi connectivity index (χ3v) is 4.88. The normalized spacial score (nSPS) is 11.7. The van der Waals surface area contributed by atoms with Gasteiger partial charge in [-0.3, -0.25) is 19.7 Å². The zero-order valence-corrected chi connectivity index (χ0v) is 18.1. The summed E-state index contributed by atoms with van der Waals surface area (Å²) in [7, 11) is 3.89. The van der Waals surface area contributed by atoms with Gasteiger partial charge in [0.2, 0.25) is 5.91 Å². The van der Waals surface area contributed by atoms with E-state index in [2.05, 4.69) is 10.6 Å². The standard InChI is InChI=1S/C21H25ClN4O4/c1-13(2)19(21(28)23-12-14-5-8-16(9-6-14)25(3)4)24-20(27)15-7-10-17(22)18(11-15)26(29)30/h5-11,13,19H,12H2,1-4H3,(H,23,28)(H,24,27). The van der Waals surface area contributed by atoms with E-state index in [-0.39, 0.29) is 28.1 Å². The predicted molar refractivity (Wildman–Crippen MR) is 117 cm³/mol. The first-order valence-corrected chi connectivity index (χ1v) is 9.76. The smallest absolute Gasteiger partial charge is 0.288 e. The molecule has 1 unspecified atom stereocenters. The summed E-state index contributed by atoms with van der Waals surface area (Å²) in [6.07, 6.45) is 0. The molecule has 9 heteroatoms. The molecular weight excluding hydrogens is 408 g/mol. The van der Waals surface area contributed by atoms with Gasteiger partial charge in [0.05, 0.1) is 4.92 Å². The second-order valence-corrected chi connectivity index (χ2v) is 7.80. The summed E-state index contributed by atoms with van der Waals surface area (Å²) >= 11 is 5.79. The van der Waals surface area contributed by atoms with Gasteiger partial charge in [-0.1, -0.05) is 37.6 Å². The molecule has 0 radical (unpaired) electrons. The van der Waals surface area contributed by atoms with Crippen LogP contribution in [0.3, 0.4) is 0 Å². The van der Waals surface area contributed by atoms with Crippen molar-refractivity contribution in [1.29, 1.82) is 0 Å². The molecule has 0 saturated carbocycles. The van der Waals surface area contributed by atoms with Crippen molar-refractivity contribution in [3.05, 3.63) is 68.7 Å². The number of carbonyl (C=O) groups is 2. The first-order valence-electron chi connectivity index (χ1n) is 9.39. The second-order valence-electron chi connectivity index (χ2n) is 7.40. The molecule has 0 saturated heterocycles. The van der Waals surface area contributed by atoms with E-state index < -0.39 is 16.9 Å². The van der Waals surface area contributed by atoms with Gasteiger partial charge in [-0.15, -0.1) is 0 Å². The molecule has 0 aliphatic heterocycles. The Bertz CT molecular complexity index is 929. The maximum atomic E-state index is 12.7. The van der Waals surface area contributed by atoms with Crippen LogP contribution in [0.4, 0.5) is 11.4 Å². The zero-order chi connectivity index (χ0) is 22.4. The highest BCUT2D eigenvalue weighted by atomic mass is 35.5. The monoisotopic (exact) mass is 432 g/mol. The van der Waals surface area contributed by atoms with Gasteiger partial charge in [0, 0.05) is 38.0 Å². The summed E-state index contributed by atoms with van der Waals surface area (Å²) < 4.78 is 0. The minimum absolute atomic E-state index is 0.0591. The lowest BCUT2D eigenvalue weighted by Crippen LogP contribution is -2.49. The van der Waals surface area contributed by atoms with Gasteiger partial charge in [-0.25, -0.2) is 0 Å². The van der Waals surface area contributed by atoms with E-state index in [9.17, 15) is 19.7 Å². The van der Waals surface area contributed by atoms with Gasteiger partial charge in [0.25, 0.3) is 11.6 Å². The van der Waals surface area contributed by atoms with Gasteiger partial charge in [0.15, 0.2) is 0 Å². The van der Waals surface area contributed by atoms with Crippen LogP contribution in [0.25, 0.3) is 0 Å². The molecule has 0 aliphatic carbocycles. The molecule has 2 aromatic carbocycles. The molecule has 0 heterocycles. The molecule has 1 atom stereocenters. The van der Waals surface area contributed by atoms with E-state index in [0.717, 1.165) is 17.3 Å². The van der Waals surface area contributed by atoms with Crippen molar-refractivity contribution in [2.45, 2.75) is 26.4 Å². The number of carbonyl (C=O) groups excluding carboxylic acids is 2. The minimum Gasteiger partial charge on any atom is -0.378 e. The number of nitro benzene ring substituents is 1. The van der Waals surface area contributed by atoms with Crippen molar-refractivity contribution in [3.63, 3.8) is 0 Å². The third kappa shape index (κ3) is 5.93. The van der Waals surface area contributed by atoms with Crippen LogP contribution < -0.4 is 15.5 Å². The fraction of sp³-hybridized carbons (Fsp3) is 0.333. The minimum atomic E-state index is -0.798. The van der Waals surface area contributed by atoms with Gasteiger partial charge >= 0.3 is 0 Å². The summed E-state index contributed by atoms with van der Waals surface area (Å²) in [4.78, 5) is 37.6. The van der Waals surface area contributed by atoms with Crippen LogP contribution in [0.2, 0.25) is 5.02 Å². The highest BCUT2D eigenvalue weighted by Crippen LogP contribution is 2.25. The number of nitrogens with one attached hydrogen (secondary N) is 2. The van der Waals surface area contributed by atoms with E-state index in [0.29, 0.717) is 6.54 Å². The number of rotatable bonds is 8. The van der Waals surface area contributed by atoms with Crippen molar-refractivity contribution >= 4 is 34.8 Å². The number of amides is 2. The number of halogens is 1. The number of nitrogens with zero attached hydrogens (tertiary/aromatic N) is 2. The van der Waals surface area contributed by atoms with Crippen LogP contribution in [-0.4, -0.2) is 36.9 Å². The number of hydrogen-bond donors (Lipinski definition) is 2. The summed E-state index contributed by atoms with van der Waals surface area (Å²) in [6, 6.07) is 10.7. The van der Waals surface area contributed by atoms with E-state index >= 15 is 0 Å². The molecule has 0 aliphatic rings. The van der Waals surface area contributed by atoms with Crippen molar-refractivity contribution in [3.8, 4) is 0 Å². The number of hydrogen-bond acceptors (Lipinski definition) is 5. The predicted octanol–water partition coefficient (Wildman–Crippen LogP) is 3.39. The molecule has 2 rings (SSSR count). The van der Waals surface area contributed by atoms with Crippen molar-refractivity contribution in [1.82, 2.24) is 10.6 Å². The first-order chi connectivity index (χ1) is 14.1. The van der Waals surface area contributed by atoms with E-state index in [1.54, 1.807) is 13.8 Å². The van der Waals surface area contributed by atoms with E-state index in [1.165, 1.54) is 12.1 Å². The molecule has 2 N–H and O–H groups in total. The summed E-state index contributed by atoms with van der Waals surface area (Å²) in [5.74, 6) is -1.11. The van der Waals surface area contributed by atoms with Crippen LogP contribution in [0.5, 0.6) is 0 Å². The largest absolute Gasteiger partial charge is 0.378 e. The molecule has 2 aromatic rings. The van der Waals surface area contributed by atoms with E-state index in [4.69, 9.17) is 11.6 Å².